The second-order valence-corrected chi connectivity index (χ2v) is 7.16. The van der Waals surface area contributed by atoms with Crippen molar-refractivity contribution in [2.45, 2.75) is 11.8 Å². The summed E-state index contributed by atoms with van der Waals surface area (Å²) in [4.78, 5) is 26.9. The van der Waals surface area contributed by atoms with Crippen molar-refractivity contribution >= 4 is 40.2 Å². The molecular formula is C19H16ClNO4S. The predicted molar refractivity (Wildman–Crippen MR) is 105 cm³/mol. The Labute approximate surface area is 159 Å². The third kappa shape index (κ3) is 3.57. The number of methoxy groups -OCH3 is 1. The van der Waals surface area contributed by atoms with Gasteiger partial charge < -0.3 is 14.8 Å². The maximum atomic E-state index is 12.7. The maximum Gasteiger partial charge on any atom is 0.313 e. The average Bonchev–Trinajstić information content (AvgIpc) is 2.59. The van der Waals surface area contributed by atoms with Gasteiger partial charge in [0.15, 0.2) is 0 Å². The van der Waals surface area contributed by atoms with Crippen molar-refractivity contribution in [2.24, 2.45) is 0 Å². The van der Waals surface area contributed by atoms with E-state index in [4.69, 9.17) is 21.4 Å². The van der Waals surface area contributed by atoms with E-state index in [2.05, 4.69) is 4.98 Å². The minimum atomic E-state index is -0.997. The first-order valence-electron chi connectivity index (χ1n) is 7.76. The molecule has 1 heterocycles. The van der Waals surface area contributed by atoms with E-state index in [-0.39, 0.29) is 11.3 Å². The smallest absolute Gasteiger partial charge is 0.313 e. The number of nitrogens with one attached hydrogen (secondary N) is 1. The summed E-state index contributed by atoms with van der Waals surface area (Å²) in [6.07, 6.45) is 0. The van der Waals surface area contributed by atoms with Crippen LogP contribution in [0, 0.1) is 6.92 Å². The Morgan fingerprint density at radius 1 is 1.27 bits per heavy atom. The van der Waals surface area contributed by atoms with Crippen molar-refractivity contribution in [3.8, 4) is 16.9 Å². The van der Waals surface area contributed by atoms with Crippen LogP contribution < -0.4 is 10.3 Å². The molecule has 0 fully saturated rings. The molecule has 0 spiro atoms. The van der Waals surface area contributed by atoms with Gasteiger partial charge in [-0.25, -0.2) is 0 Å². The summed E-state index contributed by atoms with van der Waals surface area (Å²) in [6.45, 7) is 1.95. The number of hydrogen-bond donors (Lipinski definition) is 2. The lowest BCUT2D eigenvalue weighted by Crippen LogP contribution is -2.12. The van der Waals surface area contributed by atoms with Gasteiger partial charge in [-0.15, -0.1) is 11.8 Å². The third-order valence-corrected chi connectivity index (χ3v) is 5.20. The van der Waals surface area contributed by atoms with Crippen LogP contribution in [0.3, 0.4) is 0 Å². The van der Waals surface area contributed by atoms with Crippen molar-refractivity contribution in [3.63, 3.8) is 0 Å². The number of halogens is 1. The zero-order chi connectivity index (χ0) is 18.8. The number of aromatic nitrogens is 1. The van der Waals surface area contributed by atoms with Crippen LogP contribution in [0.2, 0.25) is 5.02 Å². The highest BCUT2D eigenvalue weighted by atomic mass is 35.5. The molecule has 0 bridgehead atoms. The van der Waals surface area contributed by atoms with Crippen LogP contribution in [-0.2, 0) is 4.79 Å². The molecule has 2 N–H and O–H groups in total. The highest BCUT2D eigenvalue weighted by Gasteiger charge is 2.19. The number of rotatable bonds is 5. The number of carbonyl (C=O) groups is 1. The molecular weight excluding hydrogens is 374 g/mol. The summed E-state index contributed by atoms with van der Waals surface area (Å²) in [5.41, 5.74) is 2.61. The highest BCUT2D eigenvalue weighted by Crippen LogP contribution is 2.40. The zero-order valence-corrected chi connectivity index (χ0v) is 15.7. The summed E-state index contributed by atoms with van der Waals surface area (Å²) < 4.78 is 5.46. The second-order valence-electron chi connectivity index (χ2n) is 5.73. The number of fused-ring (bicyclic) bond motifs is 1. The third-order valence-electron chi connectivity index (χ3n) is 3.90. The number of aryl methyl sites for hydroxylation is 1. The Kier molecular flexibility index (Phi) is 5.25. The summed E-state index contributed by atoms with van der Waals surface area (Å²) in [5, 5.41) is 10.4. The number of carboxylic acid groups (broad SMARTS) is 1. The number of pyridine rings is 1. The largest absolute Gasteiger partial charge is 0.496 e. The van der Waals surface area contributed by atoms with E-state index in [9.17, 15) is 9.59 Å². The molecule has 3 aromatic rings. The molecule has 26 heavy (non-hydrogen) atoms. The maximum absolute atomic E-state index is 12.7. The van der Waals surface area contributed by atoms with Gasteiger partial charge in [0.05, 0.1) is 17.8 Å². The number of carboxylic acids is 1. The average molecular weight is 390 g/mol. The Morgan fingerprint density at radius 3 is 2.73 bits per heavy atom. The number of thioether (sulfide) groups is 1. The fourth-order valence-corrected chi connectivity index (χ4v) is 3.79. The number of ether oxygens (including phenoxy) is 1. The molecule has 0 atom stereocenters. The van der Waals surface area contributed by atoms with Crippen molar-refractivity contribution < 1.29 is 14.6 Å². The van der Waals surface area contributed by atoms with Crippen molar-refractivity contribution in [3.05, 3.63) is 57.3 Å². The standard InChI is InChI=1S/C19H16ClNO4S/c1-10-3-5-14-12(7-10)17(13-8-11(20)4-6-15(13)25-2)18(19(24)21-14)26-9-16(22)23/h3-8H,9H2,1-2H3,(H,21,24)(H,22,23). The molecule has 0 radical (unpaired) electrons. The SMILES string of the molecule is COc1ccc(Cl)cc1-c1c(SCC(=O)O)c(=O)[nH]c2ccc(C)cc12. The molecule has 0 aliphatic carbocycles. The summed E-state index contributed by atoms with van der Waals surface area (Å²) in [7, 11) is 1.54. The van der Waals surface area contributed by atoms with Gasteiger partial charge in [-0.2, -0.15) is 0 Å². The van der Waals surface area contributed by atoms with Crippen molar-refractivity contribution in [1.82, 2.24) is 4.98 Å². The van der Waals surface area contributed by atoms with Gasteiger partial charge in [0.2, 0.25) is 0 Å². The van der Waals surface area contributed by atoms with Crippen LogP contribution in [0.25, 0.3) is 22.0 Å². The lowest BCUT2D eigenvalue weighted by molar-refractivity contribution is -0.133. The summed E-state index contributed by atoms with van der Waals surface area (Å²) in [5.74, 6) is -0.668. The Morgan fingerprint density at radius 2 is 2.04 bits per heavy atom. The van der Waals surface area contributed by atoms with Gasteiger partial charge >= 0.3 is 5.97 Å². The molecule has 0 saturated carbocycles. The molecule has 134 valence electrons. The highest BCUT2D eigenvalue weighted by molar-refractivity contribution is 8.00. The van der Waals surface area contributed by atoms with Crippen molar-refractivity contribution in [1.29, 1.82) is 0 Å². The molecule has 1 aromatic heterocycles. The monoisotopic (exact) mass is 389 g/mol. The van der Waals surface area contributed by atoms with Crippen LogP contribution in [0.15, 0.2) is 46.1 Å². The molecule has 3 rings (SSSR count). The molecule has 0 saturated heterocycles. The summed E-state index contributed by atoms with van der Waals surface area (Å²) >= 11 is 7.16. The lowest BCUT2D eigenvalue weighted by Gasteiger charge is -2.15. The van der Waals surface area contributed by atoms with E-state index in [1.54, 1.807) is 18.2 Å². The molecule has 0 amide bonds. The van der Waals surface area contributed by atoms with Gasteiger partial charge in [-0.3, -0.25) is 9.59 Å². The summed E-state index contributed by atoms with van der Waals surface area (Å²) in [6, 6.07) is 10.8. The molecule has 7 heteroatoms. The molecule has 0 unspecified atom stereocenters. The van der Waals surface area contributed by atoms with Gasteiger partial charge in [0.25, 0.3) is 5.56 Å². The molecule has 0 aliphatic rings. The zero-order valence-electron chi connectivity index (χ0n) is 14.1. The second kappa shape index (κ2) is 7.43. The predicted octanol–water partition coefficient (Wildman–Crippen LogP) is 4.34. The minimum absolute atomic E-state index is 0.226. The van der Waals surface area contributed by atoms with Crippen LogP contribution in [0.5, 0.6) is 5.75 Å². The van der Waals surface area contributed by atoms with E-state index in [0.29, 0.717) is 32.3 Å². The quantitative estimate of drug-likeness (QED) is 0.634. The molecule has 2 aromatic carbocycles. The van der Waals surface area contributed by atoms with E-state index < -0.39 is 5.97 Å². The first-order chi connectivity index (χ1) is 12.4. The van der Waals surface area contributed by atoms with E-state index >= 15 is 0 Å². The van der Waals surface area contributed by atoms with Gasteiger partial charge in [0, 0.05) is 27.1 Å². The first kappa shape index (κ1) is 18.4. The van der Waals surface area contributed by atoms with Gasteiger partial charge in [-0.05, 0) is 37.3 Å². The minimum Gasteiger partial charge on any atom is -0.496 e. The Hall–Kier alpha value is -2.44. The van der Waals surface area contributed by atoms with E-state index in [1.807, 2.05) is 25.1 Å². The van der Waals surface area contributed by atoms with Gasteiger partial charge in [0.1, 0.15) is 5.75 Å². The van der Waals surface area contributed by atoms with Gasteiger partial charge in [-0.1, -0.05) is 23.2 Å². The first-order valence-corrected chi connectivity index (χ1v) is 9.12. The van der Waals surface area contributed by atoms with Crippen LogP contribution in [-0.4, -0.2) is 28.9 Å². The molecule has 5 nitrogen and oxygen atoms in total. The Balaban J connectivity index is 2.41. The Bertz CT molecular complexity index is 1060. The van der Waals surface area contributed by atoms with Crippen molar-refractivity contribution in [2.75, 3.05) is 12.9 Å². The number of hydrogen-bond acceptors (Lipinski definition) is 4. The van der Waals surface area contributed by atoms with Crippen LogP contribution in [0.1, 0.15) is 5.56 Å². The normalized spacial score (nSPS) is 10.9. The van der Waals surface area contributed by atoms with E-state index in [1.165, 1.54) is 7.11 Å². The number of aliphatic carboxylic acids is 1. The topological polar surface area (TPSA) is 79.4 Å². The van der Waals surface area contributed by atoms with Crippen LogP contribution >= 0.6 is 23.4 Å². The fraction of sp³-hybridized carbons (Fsp3) is 0.158. The number of H-pyrrole nitrogens is 1. The van der Waals surface area contributed by atoms with E-state index in [0.717, 1.165) is 22.7 Å². The van der Waals surface area contributed by atoms with Crippen LogP contribution in [0.4, 0.5) is 0 Å². The number of benzene rings is 2. The molecule has 0 aliphatic heterocycles. The fourth-order valence-electron chi connectivity index (χ4n) is 2.80. The number of aromatic amines is 1. The lowest BCUT2D eigenvalue weighted by atomic mass is 9.99.